The van der Waals surface area contributed by atoms with Gasteiger partial charge in [0.05, 0.1) is 19.5 Å². The largest absolute Gasteiger partial charge is 0.489 e. The minimum absolute atomic E-state index is 0.205. The lowest BCUT2D eigenvalue weighted by Gasteiger charge is -2.31. The van der Waals surface area contributed by atoms with Gasteiger partial charge in [-0.3, -0.25) is 4.79 Å². The molecular weight excluding hydrogens is 210 g/mol. The number of hydrogen-bond acceptors (Lipinski definition) is 5. The van der Waals surface area contributed by atoms with Crippen molar-refractivity contribution in [1.82, 2.24) is 9.97 Å². The number of ether oxygens (including phenoxy) is 1. The molecule has 0 saturated carbocycles. The topological polar surface area (TPSA) is 78.5 Å². The molecule has 1 aliphatic heterocycles. The van der Waals surface area contributed by atoms with Crippen molar-refractivity contribution in [2.45, 2.75) is 18.9 Å². The Hall–Kier alpha value is -1.56. The van der Waals surface area contributed by atoms with Gasteiger partial charge in [0.15, 0.2) is 5.82 Å². The van der Waals surface area contributed by atoms with Crippen LogP contribution >= 0.6 is 0 Å². The van der Waals surface area contributed by atoms with Crippen molar-refractivity contribution >= 4 is 5.82 Å². The van der Waals surface area contributed by atoms with E-state index in [4.69, 9.17) is 4.74 Å². The van der Waals surface area contributed by atoms with Crippen LogP contribution in [0.1, 0.15) is 12.8 Å². The van der Waals surface area contributed by atoms with E-state index in [1.165, 1.54) is 13.4 Å². The summed E-state index contributed by atoms with van der Waals surface area (Å²) in [7, 11) is 1.44. The summed E-state index contributed by atoms with van der Waals surface area (Å²) in [6.07, 6.45) is 2.67. The van der Waals surface area contributed by atoms with E-state index in [1.54, 1.807) is 0 Å². The molecule has 1 aliphatic rings. The van der Waals surface area contributed by atoms with Crippen LogP contribution in [0.3, 0.4) is 0 Å². The first-order chi connectivity index (χ1) is 7.72. The SMILES string of the molecule is COc1c(N2CCC[C@H](O)C2)nc[nH]c1=O. The zero-order valence-electron chi connectivity index (χ0n) is 9.14. The molecule has 0 bridgehead atoms. The molecular formula is C10H15N3O3. The number of aliphatic hydroxyl groups is 1. The number of methoxy groups -OCH3 is 1. The molecule has 0 unspecified atom stereocenters. The molecule has 0 aliphatic carbocycles. The van der Waals surface area contributed by atoms with Crippen LogP contribution in [0.4, 0.5) is 5.82 Å². The number of anilines is 1. The zero-order valence-corrected chi connectivity index (χ0v) is 9.14. The van der Waals surface area contributed by atoms with Gasteiger partial charge in [-0.25, -0.2) is 4.98 Å². The van der Waals surface area contributed by atoms with Gasteiger partial charge in [-0.05, 0) is 12.8 Å². The minimum atomic E-state index is -0.362. The van der Waals surface area contributed by atoms with Crippen LogP contribution < -0.4 is 15.2 Å². The summed E-state index contributed by atoms with van der Waals surface area (Å²) in [6.45, 7) is 1.27. The van der Waals surface area contributed by atoms with Crippen LogP contribution in [0, 0.1) is 0 Å². The van der Waals surface area contributed by atoms with Crippen molar-refractivity contribution in [3.8, 4) is 5.75 Å². The number of nitrogens with one attached hydrogen (secondary N) is 1. The number of piperidine rings is 1. The highest BCUT2D eigenvalue weighted by molar-refractivity contribution is 5.51. The van der Waals surface area contributed by atoms with E-state index in [2.05, 4.69) is 9.97 Å². The fourth-order valence-corrected chi connectivity index (χ4v) is 1.93. The molecule has 1 saturated heterocycles. The normalized spacial score (nSPS) is 20.9. The number of aromatic amines is 1. The van der Waals surface area contributed by atoms with E-state index in [9.17, 15) is 9.90 Å². The first-order valence-corrected chi connectivity index (χ1v) is 5.27. The molecule has 16 heavy (non-hydrogen) atoms. The van der Waals surface area contributed by atoms with Crippen LogP contribution in [0.5, 0.6) is 5.75 Å². The fourth-order valence-electron chi connectivity index (χ4n) is 1.93. The Morgan fingerprint density at radius 3 is 3.19 bits per heavy atom. The number of aliphatic hydroxyl groups excluding tert-OH is 1. The minimum Gasteiger partial charge on any atom is -0.489 e. The number of H-pyrrole nitrogens is 1. The highest BCUT2D eigenvalue weighted by atomic mass is 16.5. The Balaban J connectivity index is 2.32. The number of aromatic nitrogens is 2. The maximum Gasteiger partial charge on any atom is 0.295 e. The van der Waals surface area contributed by atoms with Gasteiger partial charge >= 0.3 is 0 Å². The molecule has 1 aromatic rings. The molecule has 6 nitrogen and oxygen atoms in total. The molecule has 0 amide bonds. The Kier molecular flexibility index (Phi) is 3.09. The first-order valence-electron chi connectivity index (χ1n) is 5.27. The van der Waals surface area contributed by atoms with Crippen LogP contribution in [-0.2, 0) is 0 Å². The summed E-state index contributed by atoms with van der Waals surface area (Å²) in [5.74, 6) is 0.710. The molecule has 2 N–H and O–H groups in total. The van der Waals surface area contributed by atoms with Crippen molar-refractivity contribution in [2.75, 3.05) is 25.1 Å². The van der Waals surface area contributed by atoms with Gasteiger partial charge in [-0.2, -0.15) is 0 Å². The standard InChI is InChI=1S/C10H15N3O3/c1-16-8-9(11-6-12-10(8)15)13-4-2-3-7(14)5-13/h6-7,14H,2-5H2,1H3,(H,11,12,15)/t7-/m0/s1. The predicted molar refractivity (Wildman–Crippen MR) is 58.9 cm³/mol. The highest BCUT2D eigenvalue weighted by Gasteiger charge is 2.22. The zero-order chi connectivity index (χ0) is 11.5. The van der Waals surface area contributed by atoms with E-state index in [0.717, 1.165) is 19.4 Å². The lowest BCUT2D eigenvalue weighted by Crippen LogP contribution is -2.39. The van der Waals surface area contributed by atoms with Gasteiger partial charge in [0.25, 0.3) is 5.56 Å². The molecule has 2 rings (SSSR count). The third-order valence-corrected chi connectivity index (χ3v) is 2.69. The van der Waals surface area contributed by atoms with E-state index in [0.29, 0.717) is 12.4 Å². The molecule has 88 valence electrons. The van der Waals surface area contributed by atoms with Crippen molar-refractivity contribution in [2.24, 2.45) is 0 Å². The summed E-state index contributed by atoms with van der Waals surface area (Å²) in [5.41, 5.74) is -0.299. The summed E-state index contributed by atoms with van der Waals surface area (Å²) in [4.78, 5) is 19.9. The predicted octanol–water partition coefficient (Wildman–Crippen LogP) is -0.260. The number of nitrogens with zero attached hydrogens (tertiary/aromatic N) is 2. The lowest BCUT2D eigenvalue weighted by atomic mass is 10.1. The van der Waals surface area contributed by atoms with Crippen molar-refractivity contribution in [3.05, 3.63) is 16.7 Å². The quantitative estimate of drug-likeness (QED) is 0.725. The number of β-amino-alcohol motifs (C(OH)–C–C–N with tert-alkyl or cyclic N) is 1. The van der Waals surface area contributed by atoms with Gasteiger partial charge in [0.1, 0.15) is 0 Å². The summed E-state index contributed by atoms with van der Waals surface area (Å²) >= 11 is 0. The van der Waals surface area contributed by atoms with Gasteiger partial charge in [0.2, 0.25) is 5.75 Å². The molecule has 1 atom stereocenters. The first kappa shape index (κ1) is 10.9. The van der Waals surface area contributed by atoms with Crippen molar-refractivity contribution in [1.29, 1.82) is 0 Å². The van der Waals surface area contributed by atoms with E-state index < -0.39 is 0 Å². The van der Waals surface area contributed by atoms with Crippen LogP contribution in [-0.4, -0.2) is 41.4 Å². The van der Waals surface area contributed by atoms with Gasteiger partial charge in [0, 0.05) is 13.1 Å². The van der Waals surface area contributed by atoms with E-state index in [1.807, 2.05) is 4.90 Å². The molecule has 2 heterocycles. The smallest absolute Gasteiger partial charge is 0.295 e. The third-order valence-electron chi connectivity index (χ3n) is 2.69. The van der Waals surface area contributed by atoms with Gasteiger partial charge in [-0.15, -0.1) is 0 Å². The van der Waals surface area contributed by atoms with Crippen molar-refractivity contribution < 1.29 is 9.84 Å². The van der Waals surface area contributed by atoms with Crippen LogP contribution in [0.2, 0.25) is 0 Å². The molecule has 1 fully saturated rings. The Bertz CT molecular complexity index is 418. The number of hydrogen-bond donors (Lipinski definition) is 2. The average molecular weight is 225 g/mol. The highest BCUT2D eigenvalue weighted by Crippen LogP contribution is 2.23. The summed E-state index contributed by atoms with van der Waals surface area (Å²) in [6, 6.07) is 0. The Morgan fingerprint density at radius 1 is 1.69 bits per heavy atom. The maximum absolute atomic E-state index is 11.5. The van der Waals surface area contributed by atoms with Crippen LogP contribution in [0.15, 0.2) is 11.1 Å². The van der Waals surface area contributed by atoms with E-state index in [-0.39, 0.29) is 17.4 Å². The van der Waals surface area contributed by atoms with Gasteiger partial charge < -0.3 is 19.7 Å². The van der Waals surface area contributed by atoms with E-state index >= 15 is 0 Å². The van der Waals surface area contributed by atoms with Gasteiger partial charge in [-0.1, -0.05) is 0 Å². The Labute approximate surface area is 92.9 Å². The Morgan fingerprint density at radius 2 is 2.50 bits per heavy atom. The molecule has 1 aromatic heterocycles. The second kappa shape index (κ2) is 4.52. The molecule has 6 heteroatoms. The number of rotatable bonds is 2. The third kappa shape index (κ3) is 2.01. The van der Waals surface area contributed by atoms with Crippen LogP contribution in [0.25, 0.3) is 0 Å². The second-order valence-corrected chi connectivity index (χ2v) is 3.83. The average Bonchev–Trinajstić information content (AvgIpc) is 2.28. The summed E-state index contributed by atoms with van der Waals surface area (Å²) < 4.78 is 5.04. The molecule has 0 aromatic carbocycles. The monoisotopic (exact) mass is 225 g/mol. The maximum atomic E-state index is 11.5. The lowest BCUT2D eigenvalue weighted by molar-refractivity contribution is 0.153. The molecule has 0 radical (unpaired) electrons. The van der Waals surface area contributed by atoms with Crippen molar-refractivity contribution in [3.63, 3.8) is 0 Å². The summed E-state index contributed by atoms with van der Waals surface area (Å²) in [5, 5.41) is 9.58. The second-order valence-electron chi connectivity index (χ2n) is 3.83. The molecule has 0 spiro atoms. The fraction of sp³-hybridized carbons (Fsp3) is 0.600.